The van der Waals surface area contributed by atoms with Crippen molar-refractivity contribution in [2.45, 2.75) is 85.0 Å². The molecule has 0 spiro atoms. The molecule has 246 valence electrons. The van der Waals surface area contributed by atoms with Crippen LogP contribution in [0, 0.1) is 34.6 Å². The molecule has 7 heteroatoms. The molecule has 1 aliphatic heterocycles. The van der Waals surface area contributed by atoms with Crippen molar-refractivity contribution in [1.82, 2.24) is 14.2 Å². The Labute approximate surface area is 280 Å². The zero-order valence-electron chi connectivity index (χ0n) is 29.1. The highest BCUT2D eigenvalue weighted by Gasteiger charge is 2.35. The van der Waals surface area contributed by atoms with E-state index in [0.29, 0.717) is 23.5 Å². The Kier molecular flexibility index (Phi) is 8.69. The largest absolute Gasteiger partial charge is 0.336 e. The second-order valence-electron chi connectivity index (χ2n) is 14.4. The third kappa shape index (κ3) is 5.93. The zero-order valence-corrected chi connectivity index (χ0v) is 29.9. The number of hydrogen-bond donors (Lipinski definition) is 0. The van der Waals surface area contributed by atoms with Crippen LogP contribution in [0.2, 0.25) is 0 Å². The van der Waals surface area contributed by atoms with E-state index in [9.17, 15) is 13.2 Å². The van der Waals surface area contributed by atoms with Crippen molar-refractivity contribution >= 4 is 38.5 Å². The van der Waals surface area contributed by atoms with Crippen LogP contribution in [0.4, 0.5) is 0 Å². The molecule has 3 aromatic carbocycles. The van der Waals surface area contributed by atoms with Crippen LogP contribution < -0.4 is 0 Å². The Morgan fingerprint density at radius 3 is 2.00 bits per heavy atom. The van der Waals surface area contributed by atoms with E-state index in [1.54, 1.807) is 4.31 Å². The fourth-order valence-electron chi connectivity index (χ4n) is 7.27. The number of benzene rings is 3. The van der Waals surface area contributed by atoms with Crippen molar-refractivity contribution in [3.8, 4) is 0 Å². The first-order valence-corrected chi connectivity index (χ1v) is 18.2. The van der Waals surface area contributed by atoms with Crippen molar-refractivity contribution in [1.29, 1.82) is 0 Å². The van der Waals surface area contributed by atoms with Crippen molar-refractivity contribution in [2.24, 2.45) is 0 Å². The number of rotatable bonds is 4. The molecule has 0 N–H and O–H groups in total. The number of para-hydroxylation sites is 1. The van der Waals surface area contributed by atoms with Gasteiger partial charge >= 0.3 is 0 Å². The summed E-state index contributed by atoms with van der Waals surface area (Å²) in [7, 11) is -3.72. The number of amides is 1. The van der Waals surface area contributed by atoms with Crippen molar-refractivity contribution in [3.05, 3.63) is 104 Å². The molecular formula is C40H47N3O3S. The lowest BCUT2D eigenvalue weighted by atomic mass is 9.84. The molecule has 2 aliphatic rings. The Bertz CT molecular complexity index is 2000. The number of pyridine rings is 1. The summed E-state index contributed by atoms with van der Waals surface area (Å²) in [5.74, 6) is -0.0398. The lowest BCUT2D eigenvalue weighted by Crippen LogP contribution is -2.51. The van der Waals surface area contributed by atoms with Crippen LogP contribution in [0.15, 0.2) is 53.4 Å². The maximum Gasteiger partial charge on any atom is 0.254 e. The first-order chi connectivity index (χ1) is 22.2. The molecule has 47 heavy (non-hydrogen) atoms. The van der Waals surface area contributed by atoms with Gasteiger partial charge in [-0.3, -0.25) is 4.79 Å². The van der Waals surface area contributed by atoms with E-state index in [2.05, 4.69) is 58.0 Å². The summed E-state index contributed by atoms with van der Waals surface area (Å²) in [5.41, 5.74) is 11.9. The van der Waals surface area contributed by atoms with E-state index in [4.69, 9.17) is 4.98 Å². The topological polar surface area (TPSA) is 70.6 Å². The Morgan fingerprint density at radius 1 is 0.787 bits per heavy atom. The maximum absolute atomic E-state index is 14.5. The third-order valence-corrected chi connectivity index (χ3v) is 12.7. The summed E-state index contributed by atoms with van der Waals surface area (Å²) in [5, 5.41) is 0.860. The fourth-order valence-corrected chi connectivity index (χ4v) is 9.25. The van der Waals surface area contributed by atoms with Gasteiger partial charge < -0.3 is 4.90 Å². The number of hydrogen-bond acceptors (Lipinski definition) is 4. The number of carbonyl (C=O) groups is 1. The quantitative estimate of drug-likeness (QED) is 0.224. The molecule has 6 nitrogen and oxygen atoms in total. The summed E-state index contributed by atoms with van der Waals surface area (Å²) in [6.45, 7) is 17.7. The zero-order chi connectivity index (χ0) is 33.8. The minimum absolute atomic E-state index is 0.0398. The number of piperazine rings is 1. The average molecular weight is 650 g/mol. The highest BCUT2D eigenvalue weighted by atomic mass is 32.2. The number of aromatic nitrogens is 1. The molecule has 1 saturated heterocycles. The van der Waals surface area contributed by atoms with Gasteiger partial charge in [-0.25, -0.2) is 13.4 Å². The smallest absolute Gasteiger partial charge is 0.254 e. The number of fused-ring (bicyclic) bond motifs is 2. The summed E-state index contributed by atoms with van der Waals surface area (Å²) in [6.07, 6.45) is 4.86. The lowest BCUT2D eigenvalue weighted by molar-refractivity contribution is 0.0698. The molecule has 6 rings (SSSR count). The minimum atomic E-state index is -3.72. The number of sulfonamides is 1. The van der Waals surface area contributed by atoms with Gasteiger partial charge in [0.1, 0.15) is 0 Å². The molecule has 0 radical (unpaired) electrons. The fraction of sp³-hybridized carbons (Fsp3) is 0.400. The monoisotopic (exact) mass is 649 g/mol. The predicted octanol–water partition coefficient (Wildman–Crippen LogP) is 8.10. The van der Waals surface area contributed by atoms with Gasteiger partial charge in [-0.05, 0) is 122 Å². The summed E-state index contributed by atoms with van der Waals surface area (Å²) in [6, 6.07) is 16.6. The van der Waals surface area contributed by atoms with Crippen LogP contribution in [0.3, 0.4) is 0 Å². The molecule has 1 fully saturated rings. The van der Waals surface area contributed by atoms with E-state index in [1.807, 2.05) is 56.9 Å². The molecule has 0 atom stereocenters. The van der Waals surface area contributed by atoms with Gasteiger partial charge in [-0.15, -0.1) is 0 Å². The van der Waals surface area contributed by atoms with Gasteiger partial charge in [-0.1, -0.05) is 63.2 Å². The van der Waals surface area contributed by atoms with Gasteiger partial charge in [0.15, 0.2) is 0 Å². The van der Waals surface area contributed by atoms with Crippen LogP contribution in [-0.4, -0.2) is 54.7 Å². The molecule has 1 aliphatic carbocycles. The van der Waals surface area contributed by atoms with Crippen LogP contribution in [0.25, 0.3) is 22.6 Å². The highest BCUT2D eigenvalue weighted by molar-refractivity contribution is 7.89. The van der Waals surface area contributed by atoms with Crippen molar-refractivity contribution in [3.63, 3.8) is 0 Å². The summed E-state index contributed by atoms with van der Waals surface area (Å²) >= 11 is 0. The lowest BCUT2D eigenvalue weighted by Gasteiger charge is -2.36. The summed E-state index contributed by atoms with van der Waals surface area (Å²) in [4.78, 5) is 21.8. The van der Waals surface area contributed by atoms with E-state index in [-0.39, 0.29) is 24.4 Å². The molecule has 2 heterocycles. The Balaban J connectivity index is 1.32. The molecule has 0 saturated carbocycles. The van der Waals surface area contributed by atoms with E-state index < -0.39 is 10.0 Å². The predicted molar refractivity (Wildman–Crippen MR) is 192 cm³/mol. The van der Waals surface area contributed by atoms with Crippen LogP contribution in [0.5, 0.6) is 0 Å². The number of allylic oxidation sites excluding steroid dienone is 1. The van der Waals surface area contributed by atoms with Crippen molar-refractivity contribution < 1.29 is 13.2 Å². The number of nitrogens with zero attached hydrogens (tertiary/aromatic N) is 3. The second kappa shape index (κ2) is 12.3. The molecule has 4 aromatic rings. The van der Waals surface area contributed by atoms with E-state index in [1.165, 1.54) is 5.56 Å². The van der Waals surface area contributed by atoms with Gasteiger partial charge in [-0.2, -0.15) is 4.31 Å². The first kappa shape index (κ1) is 33.1. The highest BCUT2D eigenvalue weighted by Crippen LogP contribution is 2.38. The van der Waals surface area contributed by atoms with Gasteiger partial charge in [0.05, 0.1) is 21.7 Å². The maximum atomic E-state index is 14.5. The number of carbonyl (C=O) groups excluding carboxylic acids is 1. The van der Waals surface area contributed by atoms with Gasteiger partial charge in [0, 0.05) is 31.6 Å². The van der Waals surface area contributed by atoms with Gasteiger partial charge in [0.2, 0.25) is 10.0 Å². The molecule has 0 bridgehead atoms. The van der Waals surface area contributed by atoms with E-state index >= 15 is 0 Å². The van der Waals surface area contributed by atoms with Crippen LogP contribution >= 0.6 is 0 Å². The van der Waals surface area contributed by atoms with E-state index in [0.717, 1.165) is 80.4 Å². The minimum Gasteiger partial charge on any atom is -0.336 e. The van der Waals surface area contributed by atoms with Gasteiger partial charge in [0.25, 0.3) is 5.91 Å². The SMILES string of the molecule is Cc1c(C)c(C)c(S(=O)(=O)N2CCN(C(=O)c3c4c(nc5ccccc35)/C(=C\c3ccc(C(C)(C)C)cc3)CCC4)CC2)c(C)c1C. The normalized spacial score (nSPS) is 16.9. The second-order valence-corrected chi connectivity index (χ2v) is 16.3. The molecule has 1 aromatic heterocycles. The molecular weight excluding hydrogens is 603 g/mol. The standard InChI is InChI=1S/C40H47N3O3S/c1-25-26(2)28(4)38(29(5)27(25)3)47(45,46)43-22-20-42(21-23-43)39(44)36-33-13-9-10-15-35(33)41-37-31(12-11-14-34(36)37)24-30-16-18-32(19-17-30)40(6,7)8/h9-10,13,15-19,24H,11-12,14,20-23H2,1-8H3/b31-24-. The Morgan fingerprint density at radius 2 is 1.38 bits per heavy atom. The first-order valence-electron chi connectivity index (χ1n) is 16.8. The third-order valence-electron chi connectivity index (χ3n) is 10.6. The van der Waals surface area contributed by atoms with Crippen molar-refractivity contribution in [2.75, 3.05) is 26.2 Å². The summed E-state index contributed by atoms with van der Waals surface area (Å²) < 4.78 is 29.6. The van der Waals surface area contributed by atoms with Crippen LogP contribution in [-0.2, 0) is 21.9 Å². The van der Waals surface area contributed by atoms with Crippen LogP contribution in [0.1, 0.15) is 94.2 Å². The molecule has 0 unspecified atom stereocenters. The Hall–Kier alpha value is -3.81. The molecule has 1 amide bonds. The average Bonchev–Trinajstić information content (AvgIpc) is 3.05.